The number of nitrogens with one attached hydrogen (secondary N) is 1. The molecule has 0 saturated carbocycles. The van der Waals surface area contributed by atoms with Gasteiger partial charge in [-0.15, -0.1) is 24.0 Å². The molecule has 148 valence electrons. The minimum Gasteiger partial charge on any atom is -0.493 e. The zero-order valence-corrected chi connectivity index (χ0v) is 18.7. The van der Waals surface area contributed by atoms with Crippen LogP contribution in [0.5, 0.6) is 5.75 Å². The summed E-state index contributed by atoms with van der Waals surface area (Å²) in [6, 6.07) is 8.22. The Kier molecular flexibility index (Phi) is 11.7. The normalized spacial score (nSPS) is 15.5. The van der Waals surface area contributed by atoms with Crippen molar-refractivity contribution in [2.24, 2.45) is 10.9 Å². The predicted octanol–water partition coefficient (Wildman–Crippen LogP) is 3.92. The second-order valence-corrected chi connectivity index (χ2v) is 6.68. The first-order valence-corrected chi connectivity index (χ1v) is 9.47. The molecule has 0 spiro atoms. The van der Waals surface area contributed by atoms with Crippen molar-refractivity contribution in [1.29, 1.82) is 0 Å². The second kappa shape index (κ2) is 13.2. The highest BCUT2D eigenvalue weighted by Gasteiger charge is 2.18. The zero-order valence-electron chi connectivity index (χ0n) is 16.4. The molecule has 1 aromatic carbocycles. The highest BCUT2D eigenvalue weighted by molar-refractivity contribution is 14.0. The second-order valence-electron chi connectivity index (χ2n) is 6.68. The number of nitrogens with zero attached hydrogens (tertiary/aromatic N) is 2. The number of hydrogen-bond acceptors (Lipinski definition) is 3. The van der Waals surface area contributed by atoms with Crippen LogP contribution < -0.4 is 10.1 Å². The Bertz CT molecular complexity index is 532. The number of halogens is 1. The molecule has 1 heterocycles. The molecule has 0 unspecified atom stereocenters. The summed E-state index contributed by atoms with van der Waals surface area (Å²) < 4.78 is 10.8. The third-order valence-electron chi connectivity index (χ3n) is 4.49. The molecule has 1 aliphatic heterocycles. The van der Waals surface area contributed by atoms with Crippen LogP contribution in [0.1, 0.15) is 38.7 Å². The lowest BCUT2D eigenvalue weighted by Gasteiger charge is -2.33. The molecule has 6 heteroatoms. The van der Waals surface area contributed by atoms with E-state index in [1.807, 2.05) is 12.1 Å². The van der Waals surface area contributed by atoms with Gasteiger partial charge < -0.3 is 19.7 Å². The number of guanidine groups is 1. The Morgan fingerprint density at radius 2 is 2.04 bits per heavy atom. The van der Waals surface area contributed by atoms with Gasteiger partial charge in [-0.1, -0.05) is 19.1 Å². The van der Waals surface area contributed by atoms with Crippen LogP contribution in [0.25, 0.3) is 0 Å². The lowest BCUT2D eigenvalue weighted by atomic mass is 10.00. The van der Waals surface area contributed by atoms with Crippen molar-refractivity contribution in [3.8, 4) is 5.75 Å². The average Bonchev–Trinajstić information content (AvgIpc) is 2.63. The van der Waals surface area contributed by atoms with Gasteiger partial charge in [0.1, 0.15) is 5.75 Å². The van der Waals surface area contributed by atoms with E-state index in [1.165, 1.54) is 18.4 Å². The monoisotopic (exact) mass is 475 g/mol. The molecule has 1 N–H and O–H groups in total. The van der Waals surface area contributed by atoms with E-state index < -0.39 is 0 Å². The van der Waals surface area contributed by atoms with E-state index in [0.29, 0.717) is 13.2 Å². The van der Waals surface area contributed by atoms with Crippen LogP contribution in [0, 0.1) is 5.92 Å². The summed E-state index contributed by atoms with van der Waals surface area (Å²) in [4.78, 5) is 7.22. The van der Waals surface area contributed by atoms with Crippen LogP contribution in [-0.4, -0.2) is 50.8 Å². The number of likely N-dealkylation sites (tertiary alicyclic amines) is 1. The molecule has 1 aromatic rings. The van der Waals surface area contributed by atoms with Crippen molar-refractivity contribution in [2.75, 3.05) is 40.0 Å². The van der Waals surface area contributed by atoms with Gasteiger partial charge >= 0.3 is 0 Å². The summed E-state index contributed by atoms with van der Waals surface area (Å²) >= 11 is 0. The van der Waals surface area contributed by atoms with Gasteiger partial charge in [-0.25, -0.2) is 4.99 Å². The number of hydrogen-bond donors (Lipinski definition) is 1. The molecule has 0 amide bonds. The third-order valence-corrected chi connectivity index (χ3v) is 4.49. The number of piperidine rings is 1. The van der Waals surface area contributed by atoms with Crippen molar-refractivity contribution in [3.05, 3.63) is 29.8 Å². The van der Waals surface area contributed by atoms with E-state index in [-0.39, 0.29) is 24.0 Å². The van der Waals surface area contributed by atoms with Gasteiger partial charge in [0.15, 0.2) is 5.96 Å². The summed E-state index contributed by atoms with van der Waals surface area (Å²) in [5.74, 6) is 2.76. The minimum atomic E-state index is 0. The van der Waals surface area contributed by atoms with Gasteiger partial charge in [0.25, 0.3) is 0 Å². The first-order valence-electron chi connectivity index (χ1n) is 9.47. The lowest BCUT2D eigenvalue weighted by Crippen LogP contribution is -2.45. The molecule has 2 rings (SSSR count). The predicted molar refractivity (Wildman–Crippen MR) is 119 cm³/mol. The average molecular weight is 475 g/mol. The van der Waals surface area contributed by atoms with E-state index in [1.54, 1.807) is 7.11 Å². The SMILES string of the molecule is CCNC(=NCc1cccc(OCCCOC)c1)N1CCC(C)CC1.I. The third kappa shape index (κ3) is 8.12. The van der Waals surface area contributed by atoms with Crippen LogP contribution in [0.4, 0.5) is 0 Å². The molecular formula is C20H34IN3O2. The number of benzene rings is 1. The summed E-state index contributed by atoms with van der Waals surface area (Å²) in [5.41, 5.74) is 1.17. The quantitative estimate of drug-likeness (QED) is 0.268. The maximum atomic E-state index is 5.78. The van der Waals surface area contributed by atoms with E-state index in [0.717, 1.165) is 50.3 Å². The van der Waals surface area contributed by atoms with Gasteiger partial charge in [0.05, 0.1) is 13.2 Å². The Hall–Kier alpha value is -1.02. The van der Waals surface area contributed by atoms with Gasteiger partial charge in [0, 0.05) is 39.8 Å². The van der Waals surface area contributed by atoms with Crippen LogP contribution in [0.2, 0.25) is 0 Å². The molecular weight excluding hydrogens is 441 g/mol. The smallest absolute Gasteiger partial charge is 0.194 e. The summed E-state index contributed by atoms with van der Waals surface area (Å²) in [5, 5.41) is 3.43. The molecule has 1 aliphatic rings. The fourth-order valence-electron chi connectivity index (χ4n) is 2.94. The van der Waals surface area contributed by atoms with Crippen molar-refractivity contribution < 1.29 is 9.47 Å². The minimum absolute atomic E-state index is 0. The summed E-state index contributed by atoms with van der Waals surface area (Å²) in [6.07, 6.45) is 3.39. The van der Waals surface area contributed by atoms with E-state index >= 15 is 0 Å². The first kappa shape index (κ1) is 23.0. The fourth-order valence-corrected chi connectivity index (χ4v) is 2.94. The Labute approximate surface area is 175 Å². The molecule has 0 bridgehead atoms. The lowest BCUT2D eigenvalue weighted by molar-refractivity contribution is 0.172. The molecule has 0 aromatic heterocycles. The van der Waals surface area contributed by atoms with Crippen LogP contribution in [0.3, 0.4) is 0 Å². The van der Waals surface area contributed by atoms with E-state index in [4.69, 9.17) is 14.5 Å². The molecule has 5 nitrogen and oxygen atoms in total. The van der Waals surface area contributed by atoms with Crippen molar-refractivity contribution >= 4 is 29.9 Å². The molecule has 26 heavy (non-hydrogen) atoms. The van der Waals surface area contributed by atoms with Crippen LogP contribution in [-0.2, 0) is 11.3 Å². The number of rotatable bonds is 8. The molecule has 1 fully saturated rings. The Morgan fingerprint density at radius 1 is 1.27 bits per heavy atom. The summed E-state index contributed by atoms with van der Waals surface area (Å²) in [6.45, 7) is 9.61. The van der Waals surface area contributed by atoms with Crippen LogP contribution in [0.15, 0.2) is 29.3 Å². The number of methoxy groups -OCH3 is 1. The van der Waals surface area contributed by atoms with Gasteiger partial charge in [-0.05, 0) is 43.4 Å². The maximum absolute atomic E-state index is 5.78. The number of aliphatic imine (C=N–C) groups is 1. The maximum Gasteiger partial charge on any atom is 0.194 e. The zero-order chi connectivity index (χ0) is 17.9. The summed E-state index contributed by atoms with van der Waals surface area (Å²) in [7, 11) is 1.71. The van der Waals surface area contributed by atoms with Crippen molar-refractivity contribution in [1.82, 2.24) is 10.2 Å². The fraction of sp³-hybridized carbons (Fsp3) is 0.650. The Morgan fingerprint density at radius 3 is 2.73 bits per heavy atom. The number of ether oxygens (including phenoxy) is 2. The van der Waals surface area contributed by atoms with Gasteiger partial charge in [0.2, 0.25) is 0 Å². The largest absolute Gasteiger partial charge is 0.493 e. The standard InChI is InChI=1S/C20H33N3O2.HI/c1-4-21-20(23-11-9-17(2)10-12-23)22-16-18-7-5-8-19(15-18)25-14-6-13-24-3;/h5,7-8,15,17H,4,6,9-14,16H2,1-3H3,(H,21,22);1H. The highest BCUT2D eigenvalue weighted by Crippen LogP contribution is 2.17. The Balaban J connectivity index is 0.00000338. The van der Waals surface area contributed by atoms with E-state index in [9.17, 15) is 0 Å². The molecule has 0 radical (unpaired) electrons. The first-order chi connectivity index (χ1) is 12.2. The molecule has 1 saturated heterocycles. The van der Waals surface area contributed by atoms with Gasteiger partial charge in [-0.2, -0.15) is 0 Å². The van der Waals surface area contributed by atoms with Crippen LogP contribution >= 0.6 is 24.0 Å². The topological polar surface area (TPSA) is 46.1 Å². The van der Waals surface area contributed by atoms with Gasteiger partial charge in [-0.3, -0.25) is 0 Å². The van der Waals surface area contributed by atoms with Crippen molar-refractivity contribution in [2.45, 2.75) is 39.7 Å². The van der Waals surface area contributed by atoms with E-state index in [2.05, 4.69) is 36.2 Å². The highest BCUT2D eigenvalue weighted by atomic mass is 127. The molecule has 0 atom stereocenters. The molecule has 0 aliphatic carbocycles. The van der Waals surface area contributed by atoms with Crippen molar-refractivity contribution in [3.63, 3.8) is 0 Å².